The van der Waals surface area contributed by atoms with Gasteiger partial charge in [0.15, 0.2) is 0 Å². The van der Waals surface area contributed by atoms with Crippen molar-refractivity contribution in [3.63, 3.8) is 0 Å². The highest BCUT2D eigenvalue weighted by Crippen LogP contribution is 2.18. The number of esters is 1. The van der Waals surface area contributed by atoms with E-state index in [9.17, 15) is 19.8 Å². The second-order valence-electron chi connectivity index (χ2n) is 23.5. The van der Waals surface area contributed by atoms with Crippen LogP contribution < -0.4 is 5.32 Å². The smallest absolute Gasteiger partial charge is 0.305 e. The van der Waals surface area contributed by atoms with Gasteiger partial charge in [-0.3, -0.25) is 9.59 Å². The molecule has 1 amide bonds. The molecule has 6 nitrogen and oxygen atoms in total. The molecule has 0 rings (SSSR count). The van der Waals surface area contributed by atoms with E-state index in [1.807, 2.05) is 6.08 Å². The fraction of sp³-hybridized carbons (Fsp3) is 0.886. The van der Waals surface area contributed by atoms with Gasteiger partial charge < -0.3 is 20.3 Å². The number of amides is 1. The Hall–Kier alpha value is -1.92. The van der Waals surface area contributed by atoms with Crippen LogP contribution in [0.1, 0.15) is 373 Å². The van der Waals surface area contributed by atoms with Gasteiger partial charge in [-0.15, -0.1) is 0 Å². The maximum absolute atomic E-state index is 12.5. The first-order valence-electron chi connectivity index (χ1n) is 34.3. The van der Waals surface area contributed by atoms with Crippen LogP contribution in [0.15, 0.2) is 36.5 Å². The van der Waals surface area contributed by atoms with Gasteiger partial charge >= 0.3 is 5.97 Å². The third-order valence-corrected chi connectivity index (χ3v) is 15.9. The molecule has 6 heteroatoms. The largest absolute Gasteiger partial charge is 0.466 e. The quantitative estimate of drug-likeness (QED) is 0.0320. The van der Waals surface area contributed by atoms with Crippen LogP contribution in [0, 0.1) is 0 Å². The molecular weight excluding hydrogens is 935 g/mol. The number of rotatable bonds is 64. The summed E-state index contributed by atoms with van der Waals surface area (Å²) < 4.78 is 5.48. The zero-order valence-electron chi connectivity index (χ0n) is 51.3. The summed E-state index contributed by atoms with van der Waals surface area (Å²) in [6.45, 7) is 4.91. The van der Waals surface area contributed by atoms with Crippen molar-refractivity contribution in [2.24, 2.45) is 0 Å². The van der Waals surface area contributed by atoms with Crippen molar-refractivity contribution < 1.29 is 24.5 Å². The Labute approximate surface area is 474 Å². The summed E-state index contributed by atoms with van der Waals surface area (Å²) in [5.74, 6) is -0.0835. The Balaban J connectivity index is 3.47. The summed E-state index contributed by atoms with van der Waals surface area (Å²) in [7, 11) is 0. The maximum Gasteiger partial charge on any atom is 0.305 e. The molecular formula is C70H133NO5. The van der Waals surface area contributed by atoms with E-state index in [2.05, 4.69) is 43.5 Å². The molecule has 0 spiro atoms. The Morgan fingerprint density at radius 3 is 0.934 bits per heavy atom. The number of hydrogen-bond acceptors (Lipinski definition) is 5. The summed E-state index contributed by atoms with van der Waals surface area (Å²) in [4.78, 5) is 24.6. The highest BCUT2D eigenvalue weighted by Gasteiger charge is 2.18. The van der Waals surface area contributed by atoms with Crippen molar-refractivity contribution >= 4 is 11.9 Å². The van der Waals surface area contributed by atoms with Gasteiger partial charge in [-0.05, 0) is 83.5 Å². The zero-order chi connectivity index (χ0) is 55.0. The first-order chi connectivity index (χ1) is 37.5. The van der Waals surface area contributed by atoms with E-state index >= 15 is 0 Å². The van der Waals surface area contributed by atoms with Crippen LogP contribution in [0.25, 0.3) is 0 Å². The molecule has 0 aliphatic heterocycles. The van der Waals surface area contributed by atoms with Crippen molar-refractivity contribution in [1.82, 2.24) is 5.32 Å². The van der Waals surface area contributed by atoms with E-state index < -0.39 is 12.1 Å². The molecule has 0 aliphatic carbocycles. The molecule has 0 fully saturated rings. The normalized spacial score (nSPS) is 12.7. The number of carbonyl (C=O) groups excluding carboxylic acids is 2. The average molecular weight is 1070 g/mol. The number of hydrogen-bond donors (Lipinski definition) is 3. The zero-order valence-corrected chi connectivity index (χ0v) is 51.3. The van der Waals surface area contributed by atoms with Gasteiger partial charge in [0.25, 0.3) is 0 Å². The van der Waals surface area contributed by atoms with Gasteiger partial charge in [-0.25, -0.2) is 0 Å². The summed E-state index contributed by atoms with van der Waals surface area (Å²) in [5.41, 5.74) is 0. The molecule has 76 heavy (non-hydrogen) atoms. The van der Waals surface area contributed by atoms with E-state index in [4.69, 9.17) is 4.74 Å². The molecule has 0 aromatic carbocycles. The first kappa shape index (κ1) is 74.1. The Morgan fingerprint density at radius 1 is 0.355 bits per heavy atom. The molecule has 3 N–H and O–H groups in total. The summed E-state index contributed by atoms with van der Waals surface area (Å²) in [6, 6.07) is -0.640. The van der Waals surface area contributed by atoms with Crippen LogP contribution in [-0.2, 0) is 14.3 Å². The second kappa shape index (κ2) is 65.6. The van der Waals surface area contributed by atoms with E-state index in [1.165, 1.54) is 283 Å². The molecule has 0 aromatic heterocycles. The van der Waals surface area contributed by atoms with Gasteiger partial charge in [0.1, 0.15) is 0 Å². The molecule has 0 aromatic rings. The van der Waals surface area contributed by atoms with Crippen molar-refractivity contribution in [2.45, 2.75) is 386 Å². The number of allylic oxidation sites excluding steroid dienone is 5. The van der Waals surface area contributed by atoms with Crippen LogP contribution in [0.4, 0.5) is 0 Å². The Morgan fingerprint density at radius 2 is 0.618 bits per heavy atom. The molecule has 0 bridgehead atoms. The highest BCUT2D eigenvalue weighted by atomic mass is 16.5. The van der Waals surface area contributed by atoms with Crippen LogP contribution >= 0.6 is 0 Å². The average Bonchev–Trinajstić information content (AvgIpc) is 3.42. The number of ether oxygens (including phenoxy) is 1. The van der Waals surface area contributed by atoms with Crippen molar-refractivity contribution in [3.8, 4) is 0 Å². The fourth-order valence-electron chi connectivity index (χ4n) is 10.6. The summed E-state index contributed by atoms with van der Waals surface area (Å²) >= 11 is 0. The fourth-order valence-corrected chi connectivity index (χ4v) is 10.6. The minimum absolute atomic E-state index is 0.00462. The van der Waals surface area contributed by atoms with Crippen molar-refractivity contribution in [3.05, 3.63) is 36.5 Å². The minimum atomic E-state index is -0.855. The summed E-state index contributed by atoms with van der Waals surface area (Å²) in [5, 5.41) is 23.3. The molecule has 0 saturated carbocycles. The van der Waals surface area contributed by atoms with Crippen molar-refractivity contribution in [1.29, 1.82) is 0 Å². The Bertz CT molecular complexity index is 1230. The number of unbranched alkanes of at least 4 members (excludes halogenated alkanes) is 49. The molecule has 0 heterocycles. The molecule has 448 valence electrons. The van der Waals surface area contributed by atoms with Gasteiger partial charge in [0.05, 0.1) is 25.4 Å². The third kappa shape index (κ3) is 61.3. The number of carbonyl (C=O) groups is 2. The van der Waals surface area contributed by atoms with E-state index in [0.717, 1.165) is 64.2 Å². The first-order valence-corrected chi connectivity index (χ1v) is 34.3. The van der Waals surface area contributed by atoms with E-state index in [-0.39, 0.29) is 18.5 Å². The number of nitrogens with one attached hydrogen (secondary N) is 1. The molecule has 0 saturated heterocycles. The molecule has 0 radical (unpaired) electrons. The van der Waals surface area contributed by atoms with E-state index in [1.54, 1.807) is 6.08 Å². The molecule has 0 aliphatic rings. The molecule has 2 unspecified atom stereocenters. The van der Waals surface area contributed by atoms with Gasteiger partial charge in [0, 0.05) is 12.8 Å². The van der Waals surface area contributed by atoms with Gasteiger partial charge in [0.2, 0.25) is 5.91 Å². The number of aliphatic hydroxyl groups is 2. The van der Waals surface area contributed by atoms with Crippen LogP contribution in [0.5, 0.6) is 0 Å². The Kier molecular flexibility index (Phi) is 63.9. The van der Waals surface area contributed by atoms with Crippen molar-refractivity contribution in [2.75, 3.05) is 13.2 Å². The van der Waals surface area contributed by atoms with Crippen LogP contribution in [-0.4, -0.2) is 47.4 Å². The maximum atomic E-state index is 12.5. The molecule has 2 atom stereocenters. The monoisotopic (exact) mass is 1070 g/mol. The highest BCUT2D eigenvalue weighted by molar-refractivity contribution is 5.76. The predicted molar refractivity (Wildman–Crippen MR) is 333 cm³/mol. The van der Waals surface area contributed by atoms with Crippen LogP contribution in [0.3, 0.4) is 0 Å². The lowest BCUT2D eigenvalue weighted by molar-refractivity contribution is -0.143. The lowest BCUT2D eigenvalue weighted by Crippen LogP contribution is -2.45. The topological polar surface area (TPSA) is 95.9 Å². The number of aliphatic hydroxyl groups excluding tert-OH is 2. The van der Waals surface area contributed by atoms with E-state index in [0.29, 0.717) is 19.4 Å². The predicted octanol–water partition coefficient (Wildman–Crippen LogP) is 21.9. The lowest BCUT2D eigenvalue weighted by Gasteiger charge is -2.20. The van der Waals surface area contributed by atoms with Gasteiger partial charge in [-0.1, -0.05) is 314 Å². The minimum Gasteiger partial charge on any atom is -0.466 e. The standard InChI is InChI=1S/C70H133NO5/c1-3-5-7-9-11-13-15-17-19-21-22-23-24-25-26-27-28-31-34-38-42-46-50-54-58-62-68(73)67(66-72)71-69(74)63-59-55-51-47-43-39-35-32-29-30-33-37-41-45-49-53-57-61-65-76-70(75)64-60-56-52-48-44-40-36-20-18-16-14-12-10-8-6-4-2/h20,32,35-36,58,62,67-68,72-73H,3-19,21-31,33-34,37-57,59-61,63-66H2,1-2H3,(H,71,74)/b35-32-,36-20-,62-58+. The third-order valence-electron chi connectivity index (χ3n) is 15.9. The lowest BCUT2D eigenvalue weighted by atomic mass is 10.0. The van der Waals surface area contributed by atoms with Gasteiger partial charge in [-0.2, -0.15) is 0 Å². The van der Waals surface area contributed by atoms with Crippen LogP contribution in [0.2, 0.25) is 0 Å². The second-order valence-corrected chi connectivity index (χ2v) is 23.5. The summed E-state index contributed by atoms with van der Waals surface area (Å²) in [6.07, 6.45) is 83.5. The SMILES string of the molecule is CCCCCCCCC/C=C\CCCCCCCC(=O)OCCCCCCCCCCC/C=C\CCCCCCCC(=O)NC(CO)C(O)/C=C/CCCCCCCCCCCCCCCCCCCCCCCCC.